The van der Waals surface area contributed by atoms with Crippen LogP contribution in [0.3, 0.4) is 0 Å². The molecule has 0 N–H and O–H groups in total. The van der Waals surface area contributed by atoms with Crippen molar-refractivity contribution in [1.82, 2.24) is 0 Å². The second-order valence-electron chi connectivity index (χ2n) is 4.35. The van der Waals surface area contributed by atoms with Crippen molar-refractivity contribution in [3.63, 3.8) is 0 Å². The lowest BCUT2D eigenvalue weighted by molar-refractivity contribution is 0.415. The van der Waals surface area contributed by atoms with E-state index in [2.05, 4.69) is 35.6 Å². The summed E-state index contributed by atoms with van der Waals surface area (Å²) >= 11 is 21.3. The summed E-state index contributed by atoms with van der Waals surface area (Å²) in [6, 6.07) is 9.50. The Hall–Kier alpha value is -0.160. The third kappa shape index (κ3) is 3.19. The van der Waals surface area contributed by atoms with Crippen LogP contribution in [0.4, 0.5) is 0 Å². The molecule has 0 saturated carbocycles. The van der Waals surface area contributed by atoms with Crippen LogP contribution in [0, 0.1) is 10.5 Å². The van der Waals surface area contributed by atoms with Crippen molar-refractivity contribution in [2.75, 3.05) is 7.11 Å². The normalized spacial score (nSPS) is 12.3. The highest BCUT2D eigenvalue weighted by Gasteiger charge is 2.19. The van der Waals surface area contributed by atoms with Crippen molar-refractivity contribution < 1.29 is 4.74 Å². The zero-order valence-electron chi connectivity index (χ0n) is 10.9. The average Bonchev–Trinajstić information content (AvgIpc) is 2.43. The van der Waals surface area contributed by atoms with E-state index in [9.17, 15) is 0 Å². The molecule has 0 heterocycles. The van der Waals surface area contributed by atoms with Crippen molar-refractivity contribution in [3.05, 3.63) is 60.6 Å². The number of alkyl halides is 1. The summed E-state index contributed by atoms with van der Waals surface area (Å²) < 4.78 is 6.28. The summed E-state index contributed by atoms with van der Waals surface area (Å²) in [6.45, 7) is 2.05. The van der Waals surface area contributed by atoms with Crippen molar-refractivity contribution >= 4 is 57.4 Å². The molecule has 0 aliphatic rings. The van der Waals surface area contributed by atoms with E-state index in [1.807, 2.05) is 12.1 Å². The van der Waals surface area contributed by atoms with Gasteiger partial charge in [-0.1, -0.05) is 41.4 Å². The number of halogens is 4. The molecule has 0 spiro atoms. The van der Waals surface area contributed by atoms with Crippen molar-refractivity contribution in [3.8, 4) is 5.75 Å². The fraction of sp³-hybridized carbons (Fsp3) is 0.200. The van der Waals surface area contributed by atoms with E-state index < -0.39 is 0 Å². The molecule has 0 aliphatic carbocycles. The largest absolute Gasteiger partial charge is 0.495 e. The Morgan fingerprint density at radius 2 is 1.80 bits per heavy atom. The highest BCUT2D eigenvalue weighted by molar-refractivity contribution is 14.1. The first kappa shape index (κ1) is 16.2. The summed E-state index contributed by atoms with van der Waals surface area (Å²) in [5.41, 5.74) is 2.99. The second kappa shape index (κ2) is 6.73. The van der Waals surface area contributed by atoms with Gasteiger partial charge in [0.15, 0.2) is 0 Å². The Morgan fingerprint density at radius 3 is 2.45 bits per heavy atom. The minimum Gasteiger partial charge on any atom is -0.495 e. The Morgan fingerprint density at radius 1 is 1.10 bits per heavy atom. The molecule has 0 bridgehead atoms. The molecule has 20 heavy (non-hydrogen) atoms. The maximum atomic E-state index is 6.59. The lowest BCUT2D eigenvalue weighted by atomic mass is 10.0. The minimum atomic E-state index is -0.349. The molecule has 1 unspecified atom stereocenters. The van der Waals surface area contributed by atoms with E-state index in [0.717, 1.165) is 14.7 Å². The molecule has 1 atom stereocenters. The third-order valence-corrected chi connectivity index (χ3v) is 5.61. The predicted molar refractivity (Wildman–Crippen MR) is 94.6 cm³/mol. The molecule has 0 fully saturated rings. The van der Waals surface area contributed by atoms with Crippen LogP contribution in [-0.4, -0.2) is 7.11 Å². The maximum Gasteiger partial charge on any atom is 0.138 e. The molecule has 5 heteroatoms. The molecule has 0 aliphatic heterocycles. The van der Waals surface area contributed by atoms with Crippen LogP contribution in [-0.2, 0) is 0 Å². The smallest absolute Gasteiger partial charge is 0.138 e. The number of aryl methyl sites for hydroxylation is 1. The Balaban J connectivity index is 2.51. The molecular formula is C15H12Cl3IO. The van der Waals surface area contributed by atoms with Gasteiger partial charge < -0.3 is 4.74 Å². The molecule has 2 aromatic carbocycles. The van der Waals surface area contributed by atoms with Gasteiger partial charge >= 0.3 is 0 Å². The summed E-state index contributed by atoms with van der Waals surface area (Å²) in [7, 11) is 1.55. The van der Waals surface area contributed by atoms with Gasteiger partial charge in [-0.25, -0.2) is 0 Å². The van der Waals surface area contributed by atoms with E-state index in [-0.39, 0.29) is 5.38 Å². The zero-order valence-corrected chi connectivity index (χ0v) is 15.3. The molecule has 0 amide bonds. The first-order valence-electron chi connectivity index (χ1n) is 5.87. The Bertz CT molecular complexity index is 643. The molecule has 106 valence electrons. The van der Waals surface area contributed by atoms with E-state index >= 15 is 0 Å². The molecule has 0 radical (unpaired) electrons. The van der Waals surface area contributed by atoms with Gasteiger partial charge in [-0.3, -0.25) is 0 Å². The van der Waals surface area contributed by atoms with Gasteiger partial charge in [-0.15, -0.1) is 11.6 Å². The van der Waals surface area contributed by atoms with Gasteiger partial charge in [0.1, 0.15) is 5.75 Å². The van der Waals surface area contributed by atoms with Crippen LogP contribution in [0.2, 0.25) is 10.0 Å². The van der Waals surface area contributed by atoms with Crippen LogP contribution in [0.15, 0.2) is 30.3 Å². The molecule has 2 aromatic rings. The highest BCUT2D eigenvalue weighted by atomic mass is 127. The fourth-order valence-electron chi connectivity index (χ4n) is 1.93. The fourth-order valence-corrected chi connectivity index (χ4v) is 3.71. The van der Waals surface area contributed by atoms with Gasteiger partial charge in [0, 0.05) is 14.7 Å². The first-order chi connectivity index (χ1) is 9.45. The first-order valence-corrected chi connectivity index (χ1v) is 8.14. The van der Waals surface area contributed by atoms with Crippen LogP contribution >= 0.6 is 57.4 Å². The maximum absolute atomic E-state index is 6.59. The van der Waals surface area contributed by atoms with Crippen LogP contribution < -0.4 is 4.74 Å². The third-order valence-electron chi connectivity index (χ3n) is 3.04. The quantitative estimate of drug-likeness (QED) is 0.405. The van der Waals surface area contributed by atoms with Crippen LogP contribution in [0.5, 0.6) is 5.75 Å². The van der Waals surface area contributed by atoms with Gasteiger partial charge in [0.25, 0.3) is 0 Å². The highest BCUT2D eigenvalue weighted by Crippen LogP contribution is 2.40. The number of hydrogen-bond acceptors (Lipinski definition) is 1. The van der Waals surface area contributed by atoms with Crippen molar-refractivity contribution in [2.24, 2.45) is 0 Å². The Labute approximate surface area is 147 Å². The molecular weight excluding hydrogens is 429 g/mol. The topological polar surface area (TPSA) is 9.23 Å². The minimum absolute atomic E-state index is 0.349. The summed E-state index contributed by atoms with van der Waals surface area (Å²) in [5, 5.41) is 0.696. The summed E-state index contributed by atoms with van der Waals surface area (Å²) in [4.78, 5) is 0. The van der Waals surface area contributed by atoms with Gasteiger partial charge in [0.2, 0.25) is 0 Å². The van der Waals surface area contributed by atoms with E-state index in [1.165, 1.54) is 5.56 Å². The number of rotatable bonds is 3. The van der Waals surface area contributed by atoms with Crippen molar-refractivity contribution in [2.45, 2.75) is 12.3 Å². The van der Waals surface area contributed by atoms with Crippen LogP contribution in [0.25, 0.3) is 0 Å². The van der Waals surface area contributed by atoms with Crippen molar-refractivity contribution in [1.29, 1.82) is 0 Å². The van der Waals surface area contributed by atoms with Gasteiger partial charge in [-0.05, 0) is 52.3 Å². The monoisotopic (exact) mass is 440 g/mol. The lowest BCUT2D eigenvalue weighted by Crippen LogP contribution is -1.99. The molecule has 1 nitrogen and oxygen atoms in total. The summed E-state index contributed by atoms with van der Waals surface area (Å²) in [6.07, 6.45) is 0. The zero-order chi connectivity index (χ0) is 14.9. The second-order valence-corrected chi connectivity index (χ2v) is 6.68. The molecule has 0 aromatic heterocycles. The SMILES string of the molecule is COc1cc(Cl)c(C(Cl)c2cccc(C)c2I)cc1Cl. The Kier molecular flexibility index (Phi) is 5.46. The standard InChI is InChI=1S/C15H12Cl3IO/c1-8-4-3-5-9(15(8)19)14(18)10-6-12(17)13(20-2)7-11(10)16/h3-7,14H,1-2H3. The molecule has 0 saturated heterocycles. The average molecular weight is 442 g/mol. The number of benzene rings is 2. The van der Waals surface area contributed by atoms with Gasteiger partial charge in [-0.2, -0.15) is 0 Å². The van der Waals surface area contributed by atoms with Crippen LogP contribution in [0.1, 0.15) is 22.1 Å². The summed E-state index contributed by atoms with van der Waals surface area (Å²) in [5.74, 6) is 0.545. The number of methoxy groups -OCH3 is 1. The van der Waals surface area contributed by atoms with E-state index in [0.29, 0.717) is 15.8 Å². The molecule has 2 rings (SSSR count). The lowest BCUT2D eigenvalue weighted by Gasteiger charge is -2.16. The van der Waals surface area contributed by atoms with E-state index in [4.69, 9.17) is 39.5 Å². The predicted octanol–water partition coefficient (Wildman–Crippen LogP) is 6.24. The van der Waals surface area contributed by atoms with E-state index in [1.54, 1.807) is 19.2 Å². The number of ether oxygens (including phenoxy) is 1. The number of hydrogen-bond donors (Lipinski definition) is 0. The van der Waals surface area contributed by atoms with Gasteiger partial charge in [0.05, 0.1) is 17.5 Å².